The van der Waals surface area contributed by atoms with Crippen LogP contribution in [0.15, 0.2) is 46.5 Å². The molecule has 27 heavy (non-hydrogen) atoms. The number of rotatable bonds is 1. The fourth-order valence-electron chi connectivity index (χ4n) is 3.83. The van der Waals surface area contributed by atoms with Crippen molar-refractivity contribution in [1.82, 2.24) is 0 Å². The highest BCUT2D eigenvalue weighted by Crippen LogP contribution is 2.54. The maximum absolute atomic E-state index is 12.1. The summed E-state index contributed by atoms with van der Waals surface area (Å²) in [6, 6.07) is 13.1. The van der Waals surface area contributed by atoms with Crippen LogP contribution in [0, 0.1) is 0 Å². The molecule has 144 valence electrons. The quantitative estimate of drug-likeness (QED) is 0.511. The fourth-order valence-corrected chi connectivity index (χ4v) is 4.26. The Morgan fingerprint density at radius 2 is 1.15 bits per heavy atom. The molecule has 0 spiro atoms. The molecule has 0 aliphatic heterocycles. The first kappa shape index (κ1) is 20.4. The summed E-state index contributed by atoms with van der Waals surface area (Å²) in [6.07, 6.45) is 0. The predicted molar refractivity (Wildman–Crippen MR) is 120 cm³/mol. The van der Waals surface area contributed by atoms with E-state index in [1.165, 1.54) is 11.1 Å². The van der Waals surface area contributed by atoms with Gasteiger partial charge in [-0.15, -0.1) is 0 Å². The first-order valence-electron chi connectivity index (χ1n) is 9.64. The lowest BCUT2D eigenvalue weighted by atomic mass is 9.81. The lowest BCUT2D eigenvalue weighted by Crippen LogP contribution is -2.27. The van der Waals surface area contributed by atoms with E-state index in [2.05, 4.69) is 93.9 Å². The standard InChI is InChI=1S/C25H31BrO/c1-15(2)22(26)25(27)20-13-16(23(3,4)5)9-11-18(20)19-12-10-17(14-21(19)25)24(6,7)8/h9-14,27H,1-8H3. The van der Waals surface area contributed by atoms with Crippen molar-refractivity contribution in [3.8, 4) is 11.1 Å². The minimum absolute atomic E-state index is 0.0265. The number of aliphatic hydroxyl groups is 1. The normalized spacial score (nSPS) is 15.3. The molecule has 2 aromatic rings. The van der Waals surface area contributed by atoms with Crippen molar-refractivity contribution in [1.29, 1.82) is 0 Å². The molecular formula is C25H31BrO. The maximum Gasteiger partial charge on any atom is 0.148 e. The van der Waals surface area contributed by atoms with Crippen molar-refractivity contribution in [3.63, 3.8) is 0 Å². The number of benzene rings is 2. The Bertz CT molecular complexity index is 868. The van der Waals surface area contributed by atoms with Crippen LogP contribution in [0.4, 0.5) is 0 Å². The van der Waals surface area contributed by atoms with E-state index in [9.17, 15) is 5.11 Å². The summed E-state index contributed by atoms with van der Waals surface area (Å²) in [7, 11) is 0. The van der Waals surface area contributed by atoms with Crippen molar-refractivity contribution < 1.29 is 5.11 Å². The summed E-state index contributed by atoms with van der Waals surface area (Å²) in [5, 5.41) is 12.1. The predicted octanol–water partition coefficient (Wildman–Crippen LogP) is 7.19. The third kappa shape index (κ3) is 3.21. The Balaban J connectivity index is 2.38. The number of fused-ring (bicyclic) bond motifs is 3. The first-order valence-corrected chi connectivity index (χ1v) is 10.4. The molecule has 1 aliphatic rings. The number of allylic oxidation sites excluding steroid dienone is 1. The van der Waals surface area contributed by atoms with Gasteiger partial charge in [0.25, 0.3) is 0 Å². The van der Waals surface area contributed by atoms with Gasteiger partial charge >= 0.3 is 0 Å². The van der Waals surface area contributed by atoms with Crippen LogP contribution in [-0.4, -0.2) is 5.11 Å². The zero-order valence-corrected chi connectivity index (χ0v) is 19.4. The van der Waals surface area contributed by atoms with E-state index in [-0.39, 0.29) is 10.8 Å². The average molecular weight is 427 g/mol. The molecule has 0 heterocycles. The van der Waals surface area contributed by atoms with E-state index in [1.807, 2.05) is 13.8 Å². The number of halogens is 1. The number of hydrogen-bond donors (Lipinski definition) is 1. The van der Waals surface area contributed by atoms with Gasteiger partial charge in [0, 0.05) is 15.6 Å². The Labute approximate surface area is 172 Å². The zero-order chi connectivity index (χ0) is 20.4. The molecule has 1 aliphatic carbocycles. The van der Waals surface area contributed by atoms with Crippen molar-refractivity contribution >= 4 is 15.9 Å². The molecule has 0 amide bonds. The minimum Gasteiger partial charge on any atom is -0.375 e. The summed E-state index contributed by atoms with van der Waals surface area (Å²) in [5.41, 5.74) is 6.66. The van der Waals surface area contributed by atoms with Gasteiger partial charge in [-0.1, -0.05) is 99.4 Å². The van der Waals surface area contributed by atoms with Gasteiger partial charge in [0.05, 0.1) is 0 Å². The van der Waals surface area contributed by atoms with Crippen molar-refractivity contribution in [3.05, 3.63) is 68.7 Å². The molecule has 0 unspecified atom stereocenters. The Kier molecular flexibility index (Phi) is 4.76. The molecule has 0 bridgehead atoms. The Hall–Kier alpha value is -1.38. The van der Waals surface area contributed by atoms with Crippen molar-refractivity contribution in [2.45, 2.75) is 71.8 Å². The fraction of sp³-hybridized carbons (Fsp3) is 0.440. The van der Waals surface area contributed by atoms with Crippen LogP contribution in [-0.2, 0) is 16.4 Å². The van der Waals surface area contributed by atoms with Gasteiger partial charge in [-0.2, -0.15) is 0 Å². The molecule has 0 saturated heterocycles. The lowest BCUT2D eigenvalue weighted by Gasteiger charge is -2.30. The average Bonchev–Trinajstić information content (AvgIpc) is 2.82. The Morgan fingerprint density at radius 1 is 0.778 bits per heavy atom. The van der Waals surface area contributed by atoms with E-state index >= 15 is 0 Å². The van der Waals surface area contributed by atoms with Crippen LogP contribution in [0.25, 0.3) is 11.1 Å². The maximum atomic E-state index is 12.1. The van der Waals surface area contributed by atoms with Crippen LogP contribution >= 0.6 is 15.9 Å². The van der Waals surface area contributed by atoms with E-state index in [4.69, 9.17) is 0 Å². The molecular weight excluding hydrogens is 396 g/mol. The highest BCUT2D eigenvalue weighted by molar-refractivity contribution is 9.11. The van der Waals surface area contributed by atoms with Crippen LogP contribution in [0.1, 0.15) is 77.6 Å². The van der Waals surface area contributed by atoms with Gasteiger partial charge in [0.2, 0.25) is 0 Å². The van der Waals surface area contributed by atoms with Gasteiger partial charge in [0.1, 0.15) is 5.60 Å². The minimum atomic E-state index is -1.15. The van der Waals surface area contributed by atoms with Crippen LogP contribution in [0.3, 0.4) is 0 Å². The highest BCUT2D eigenvalue weighted by atomic mass is 79.9. The summed E-state index contributed by atoms with van der Waals surface area (Å²) in [6.45, 7) is 17.4. The van der Waals surface area contributed by atoms with Crippen LogP contribution < -0.4 is 0 Å². The van der Waals surface area contributed by atoms with E-state index in [1.54, 1.807) is 0 Å². The summed E-state index contributed by atoms with van der Waals surface area (Å²) >= 11 is 3.74. The van der Waals surface area contributed by atoms with E-state index in [0.717, 1.165) is 32.3 Å². The van der Waals surface area contributed by atoms with Gasteiger partial charge in [0.15, 0.2) is 0 Å². The monoisotopic (exact) mass is 426 g/mol. The zero-order valence-electron chi connectivity index (χ0n) is 17.8. The molecule has 0 saturated carbocycles. The second kappa shape index (κ2) is 6.32. The van der Waals surface area contributed by atoms with Crippen molar-refractivity contribution in [2.75, 3.05) is 0 Å². The van der Waals surface area contributed by atoms with Gasteiger partial charge in [-0.3, -0.25) is 0 Å². The Morgan fingerprint density at radius 3 is 1.44 bits per heavy atom. The van der Waals surface area contributed by atoms with Gasteiger partial charge < -0.3 is 5.11 Å². The van der Waals surface area contributed by atoms with Crippen molar-refractivity contribution in [2.24, 2.45) is 0 Å². The van der Waals surface area contributed by atoms with Gasteiger partial charge in [-0.25, -0.2) is 0 Å². The highest BCUT2D eigenvalue weighted by Gasteiger charge is 2.45. The summed E-state index contributed by atoms with van der Waals surface area (Å²) < 4.78 is 0.840. The smallest absolute Gasteiger partial charge is 0.148 e. The summed E-state index contributed by atoms with van der Waals surface area (Å²) in [5.74, 6) is 0. The molecule has 0 fully saturated rings. The molecule has 0 aromatic heterocycles. The molecule has 0 atom stereocenters. The molecule has 2 aromatic carbocycles. The van der Waals surface area contributed by atoms with E-state index in [0.29, 0.717) is 0 Å². The molecule has 1 nitrogen and oxygen atoms in total. The van der Waals surface area contributed by atoms with Crippen LogP contribution in [0.2, 0.25) is 0 Å². The number of hydrogen-bond acceptors (Lipinski definition) is 1. The van der Waals surface area contributed by atoms with Gasteiger partial charge in [-0.05, 0) is 46.9 Å². The second-order valence-electron chi connectivity index (χ2n) is 10.0. The largest absolute Gasteiger partial charge is 0.375 e. The summed E-state index contributed by atoms with van der Waals surface area (Å²) in [4.78, 5) is 0. The molecule has 2 heteroatoms. The topological polar surface area (TPSA) is 20.2 Å². The SMILES string of the molecule is CC(C)=C(Br)C1(O)c2cc(C(C)(C)C)ccc2-c2ccc(C(C)(C)C)cc21. The second-order valence-corrected chi connectivity index (χ2v) is 10.8. The molecule has 3 rings (SSSR count). The third-order valence-corrected chi connectivity index (χ3v) is 6.96. The molecule has 0 radical (unpaired) electrons. The first-order chi connectivity index (χ1) is 12.3. The van der Waals surface area contributed by atoms with E-state index < -0.39 is 5.60 Å². The lowest BCUT2D eigenvalue weighted by molar-refractivity contribution is 0.135. The van der Waals surface area contributed by atoms with Crippen LogP contribution in [0.5, 0.6) is 0 Å². The third-order valence-electron chi connectivity index (χ3n) is 5.60. The molecule has 1 N–H and O–H groups in total.